The second-order valence-corrected chi connectivity index (χ2v) is 6.08. The molecule has 0 aliphatic heterocycles. The first-order valence-corrected chi connectivity index (χ1v) is 7.75. The van der Waals surface area contributed by atoms with Crippen molar-refractivity contribution in [3.05, 3.63) is 29.6 Å². The zero-order valence-corrected chi connectivity index (χ0v) is 12.8. The van der Waals surface area contributed by atoms with E-state index in [1.54, 1.807) is 6.07 Å². The molecule has 3 heteroatoms. The van der Waals surface area contributed by atoms with Gasteiger partial charge in [0.2, 0.25) is 0 Å². The number of halogens is 1. The van der Waals surface area contributed by atoms with E-state index >= 15 is 0 Å². The summed E-state index contributed by atoms with van der Waals surface area (Å²) in [4.78, 5) is 0. The van der Waals surface area contributed by atoms with E-state index in [1.807, 2.05) is 13.0 Å². The summed E-state index contributed by atoms with van der Waals surface area (Å²) in [5.41, 5.74) is 0.944. The molecule has 112 valence electrons. The van der Waals surface area contributed by atoms with Crippen molar-refractivity contribution >= 4 is 0 Å². The fourth-order valence-corrected chi connectivity index (χ4v) is 2.86. The minimum absolute atomic E-state index is 0.215. The smallest absolute Gasteiger partial charge is 0.127 e. The van der Waals surface area contributed by atoms with Crippen molar-refractivity contribution < 1.29 is 9.13 Å². The Kier molecular flexibility index (Phi) is 5.41. The van der Waals surface area contributed by atoms with Gasteiger partial charge in [-0.1, -0.05) is 20.8 Å². The third-order valence-corrected chi connectivity index (χ3v) is 4.36. The second-order valence-electron chi connectivity index (χ2n) is 6.08. The monoisotopic (exact) mass is 279 g/mol. The van der Waals surface area contributed by atoms with Crippen molar-refractivity contribution in [1.29, 1.82) is 0 Å². The molecule has 0 heterocycles. The predicted molar refractivity (Wildman–Crippen MR) is 80.4 cm³/mol. The van der Waals surface area contributed by atoms with Gasteiger partial charge in [0.1, 0.15) is 11.6 Å². The van der Waals surface area contributed by atoms with E-state index in [0.717, 1.165) is 30.9 Å². The summed E-state index contributed by atoms with van der Waals surface area (Å²) >= 11 is 0. The lowest BCUT2D eigenvalue weighted by Crippen LogP contribution is -2.28. The van der Waals surface area contributed by atoms with E-state index in [4.69, 9.17) is 4.74 Å². The maximum absolute atomic E-state index is 13.6. The molecule has 1 fully saturated rings. The fraction of sp³-hybridized carbons (Fsp3) is 0.647. The van der Waals surface area contributed by atoms with Crippen molar-refractivity contribution in [2.24, 2.45) is 11.8 Å². The van der Waals surface area contributed by atoms with Crippen LogP contribution in [0.2, 0.25) is 0 Å². The molecule has 1 aromatic rings. The number of hydrogen-bond donors (Lipinski definition) is 1. The Labute approximate surface area is 121 Å². The van der Waals surface area contributed by atoms with Crippen LogP contribution in [0.5, 0.6) is 5.75 Å². The van der Waals surface area contributed by atoms with Crippen molar-refractivity contribution in [2.45, 2.75) is 52.7 Å². The lowest BCUT2D eigenvalue weighted by molar-refractivity contribution is 0.100. The number of hydrogen-bond acceptors (Lipinski definition) is 2. The zero-order chi connectivity index (χ0) is 14.5. The van der Waals surface area contributed by atoms with Crippen LogP contribution >= 0.6 is 0 Å². The van der Waals surface area contributed by atoms with Gasteiger partial charge in [-0.05, 0) is 55.3 Å². The average molecular weight is 279 g/mol. The van der Waals surface area contributed by atoms with Gasteiger partial charge in [0, 0.05) is 12.6 Å². The van der Waals surface area contributed by atoms with E-state index in [9.17, 15) is 4.39 Å². The molecule has 0 aromatic heterocycles. The average Bonchev–Trinajstić information content (AvgIpc) is 2.40. The highest BCUT2D eigenvalue weighted by atomic mass is 19.1. The first-order valence-electron chi connectivity index (χ1n) is 7.75. The van der Waals surface area contributed by atoms with E-state index in [-0.39, 0.29) is 11.9 Å². The Morgan fingerprint density at radius 1 is 1.20 bits per heavy atom. The van der Waals surface area contributed by atoms with Crippen LogP contribution in [0.4, 0.5) is 4.39 Å². The zero-order valence-electron chi connectivity index (χ0n) is 12.8. The van der Waals surface area contributed by atoms with Crippen LogP contribution in [-0.2, 0) is 6.54 Å². The maximum Gasteiger partial charge on any atom is 0.127 e. The third kappa shape index (κ3) is 4.20. The highest BCUT2D eigenvalue weighted by Gasteiger charge is 2.25. The normalized spacial score (nSPS) is 26.5. The second kappa shape index (κ2) is 7.07. The molecule has 0 bridgehead atoms. The molecule has 1 N–H and O–H groups in total. The van der Waals surface area contributed by atoms with Crippen LogP contribution in [-0.4, -0.2) is 12.6 Å². The van der Waals surface area contributed by atoms with Gasteiger partial charge >= 0.3 is 0 Å². The number of rotatable bonds is 5. The fourth-order valence-electron chi connectivity index (χ4n) is 2.86. The Bertz CT molecular complexity index is 435. The molecule has 1 aromatic carbocycles. The first-order chi connectivity index (χ1) is 9.58. The molecular weight excluding hydrogens is 253 g/mol. The Balaban J connectivity index is 1.99. The summed E-state index contributed by atoms with van der Waals surface area (Å²) in [5.74, 6) is 1.91. The summed E-state index contributed by atoms with van der Waals surface area (Å²) in [5, 5.41) is 3.21. The molecule has 0 saturated heterocycles. The van der Waals surface area contributed by atoms with Crippen LogP contribution in [0.3, 0.4) is 0 Å². The van der Waals surface area contributed by atoms with Crippen LogP contribution in [0.1, 0.15) is 45.6 Å². The van der Waals surface area contributed by atoms with Gasteiger partial charge in [0.05, 0.1) is 6.10 Å². The topological polar surface area (TPSA) is 21.3 Å². The molecule has 1 aliphatic carbocycles. The molecule has 3 atom stereocenters. The van der Waals surface area contributed by atoms with Crippen LogP contribution < -0.4 is 10.1 Å². The van der Waals surface area contributed by atoms with Gasteiger partial charge in [0.25, 0.3) is 0 Å². The van der Waals surface area contributed by atoms with Crippen molar-refractivity contribution in [3.8, 4) is 5.75 Å². The van der Waals surface area contributed by atoms with E-state index in [2.05, 4.69) is 19.2 Å². The minimum atomic E-state index is -0.215. The van der Waals surface area contributed by atoms with Crippen molar-refractivity contribution in [2.75, 3.05) is 6.54 Å². The van der Waals surface area contributed by atoms with E-state index < -0.39 is 0 Å². The summed E-state index contributed by atoms with van der Waals surface area (Å²) in [6.07, 6.45) is 3.57. The lowest BCUT2D eigenvalue weighted by Gasteiger charge is -2.32. The summed E-state index contributed by atoms with van der Waals surface area (Å²) < 4.78 is 19.6. The molecule has 0 radical (unpaired) electrons. The number of ether oxygens (including phenoxy) is 1. The van der Waals surface area contributed by atoms with E-state index in [0.29, 0.717) is 18.2 Å². The van der Waals surface area contributed by atoms with E-state index in [1.165, 1.54) is 12.5 Å². The number of benzene rings is 1. The van der Waals surface area contributed by atoms with Crippen LogP contribution in [0.15, 0.2) is 18.2 Å². The van der Waals surface area contributed by atoms with Gasteiger partial charge in [-0.2, -0.15) is 0 Å². The molecule has 1 saturated carbocycles. The highest BCUT2D eigenvalue weighted by molar-refractivity contribution is 5.29. The third-order valence-electron chi connectivity index (χ3n) is 4.36. The molecule has 0 amide bonds. The summed E-state index contributed by atoms with van der Waals surface area (Å²) in [7, 11) is 0. The van der Waals surface area contributed by atoms with Gasteiger partial charge in [-0.25, -0.2) is 4.39 Å². The summed E-state index contributed by atoms with van der Waals surface area (Å²) in [6.45, 7) is 8.19. The number of nitrogens with one attached hydrogen (secondary N) is 1. The molecule has 0 spiro atoms. The van der Waals surface area contributed by atoms with Gasteiger partial charge < -0.3 is 10.1 Å². The molecular formula is C17H26FNO. The Hall–Kier alpha value is -1.09. The Morgan fingerprint density at radius 2 is 2.00 bits per heavy atom. The van der Waals surface area contributed by atoms with Gasteiger partial charge in [0.15, 0.2) is 0 Å². The molecule has 3 unspecified atom stereocenters. The Morgan fingerprint density at radius 3 is 2.70 bits per heavy atom. The highest BCUT2D eigenvalue weighted by Crippen LogP contribution is 2.32. The van der Waals surface area contributed by atoms with Crippen LogP contribution in [0, 0.1) is 17.7 Å². The molecule has 2 nitrogen and oxygen atoms in total. The molecule has 20 heavy (non-hydrogen) atoms. The van der Waals surface area contributed by atoms with Gasteiger partial charge in [-0.3, -0.25) is 0 Å². The SMILES string of the molecule is CCNCc1cc(F)cc(OC2CCC(C)C(C)C2)c1. The first kappa shape index (κ1) is 15.3. The lowest BCUT2D eigenvalue weighted by atomic mass is 9.80. The largest absolute Gasteiger partial charge is 0.490 e. The standard InChI is InChI=1S/C17H26FNO/c1-4-19-11-14-8-15(18)10-17(9-14)20-16-6-5-12(2)13(3)7-16/h8-10,12-13,16,19H,4-7,11H2,1-3H3. The molecule has 2 rings (SSSR count). The molecule has 1 aliphatic rings. The van der Waals surface area contributed by atoms with Crippen LogP contribution in [0.25, 0.3) is 0 Å². The van der Waals surface area contributed by atoms with Crippen molar-refractivity contribution in [3.63, 3.8) is 0 Å². The van der Waals surface area contributed by atoms with Gasteiger partial charge in [-0.15, -0.1) is 0 Å². The summed E-state index contributed by atoms with van der Waals surface area (Å²) in [6, 6.07) is 5.02. The maximum atomic E-state index is 13.6. The predicted octanol–water partition coefficient (Wildman–Crippen LogP) is 4.14. The minimum Gasteiger partial charge on any atom is -0.490 e. The quantitative estimate of drug-likeness (QED) is 0.874. The van der Waals surface area contributed by atoms with Crippen molar-refractivity contribution in [1.82, 2.24) is 5.32 Å².